The zero-order valence-electron chi connectivity index (χ0n) is 5.13. The molecule has 9 heavy (non-hydrogen) atoms. The van der Waals surface area contributed by atoms with Crippen LogP contribution in [0.15, 0.2) is 0 Å². The van der Waals surface area contributed by atoms with Gasteiger partial charge in [0.1, 0.15) is 0 Å². The van der Waals surface area contributed by atoms with E-state index in [1.165, 1.54) is 0 Å². The van der Waals surface area contributed by atoms with Gasteiger partial charge in [0.25, 0.3) is 0 Å². The molecular weight excluding hydrogens is 120 g/mol. The number of ether oxygens (including phenoxy) is 1. The minimum absolute atomic E-state index is 0.234. The molecule has 50 valence electrons. The molecule has 3 heteroatoms. The fourth-order valence-corrected chi connectivity index (χ4v) is 0.289. The first kappa shape index (κ1) is 7.99. The van der Waals surface area contributed by atoms with Gasteiger partial charge >= 0.3 is 5.97 Å². The van der Waals surface area contributed by atoms with Gasteiger partial charge in [-0.2, -0.15) is 0 Å². The van der Waals surface area contributed by atoms with Gasteiger partial charge in [-0.15, -0.1) is 6.42 Å². The molecule has 0 aromatic rings. The van der Waals surface area contributed by atoms with Crippen LogP contribution in [-0.2, 0) is 9.53 Å². The summed E-state index contributed by atoms with van der Waals surface area (Å²) >= 11 is 0. The lowest BCUT2D eigenvalue weighted by Gasteiger charge is -2.00. The summed E-state index contributed by atoms with van der Waals surface area (Å²) < 4.78 is 4.36. The summed E-state index contributed by atoms with van der Waals surface area (Å²) in [4.78, 5) is 10.4. The van der Waals surface area contributed by atoms with Crippen molar-refractivity contribution in [1.82, 2.24) is 0 Å². The summed E-state index contributed by atoms with van der Waals surface area (Å²) in [5.74, 6) is 1.07. The molecule has 3 nitrogen and oxygen atoms in total. The number of carbonyl (C=O) groups is 1. The molecule has 0 bridgehead atoms. The van der Waals surface area contributed by atoms with Gasteiger partial charge in [-0.1, -0.05) is 5.92 Å². The highest BCUT2D eigenvalue weighted by Crippen LogP contribution is 1.84. The van der Waals surface area contributed by atoms with Gasteiger partial charge in [0.2, 0.25) is 6.10 Å². The summed E-state index contributed by atoms with van der Waals surface area (Å²) in [6, 6.07) is 0. The standard InChI is InChI=1S/C6H8O3/c1-3-5(7)6(8)9-4-2/h1,5,7H,4H2,2H3. The van der Waals surface area contributed by atoms with Crippen LogP contribution in [0, 0.1) is 12.3 Å². The van der Waals surface area contributed by atoms with E-state index in [0.717, 1.165) is 0 Å². The third-order valence-electron chi connectivity index (χ3n) is 0.668. The lowest BCUT2D eigenvalue weighted by Crippen LogP contribution is -2.20. The van der Waals surface area contributed by atoms with E-state index in [2.05, 4.69) is 4.74 Å². The number of esters is 1. The first-order valence-electron chi connectivity index (χ1n) is 2.53. The molecule has 0 saturated heterocycles. The predicted octanol–water partition coefficient (Wildman–Crippen LogP) is -0.456. The highest BCUT2D eigenvalue weighted by Gasteiger charge is 2.10. The Bertz CT molecular complexity index is 134. The Hall–Kier alpha value is -1.01. The maximum Gasteiger partial charge on any atom is 0.347 e. The summed E-state index contributed by atoms with van der Waals surface area (Å²) in [6.45, 7) is 1.87. The molecule has 0 spiro atoms. The second kappa shape index (κ2) is 3.93. The van der Waals surface area contributed by atoms with Gasteiger partial charge in [-0.05, 0) is 6.92 Å². The van der Waals surface area contributed by atoms with Crippen molar-refractivity contribution in [3.63, 3.8) is 0 Å². The first-order chi connectivity index (χ1) is 4.22. The Morgan fingerprint density at radius 1 is 2.00 bits per heavy atom. The second-order valence-corrected chi connectivity index (χ2v) is 1.32. The molecule has 0 heterocycles. The van der Waals surface area contributed by atoms with Crippen molar-refractivity contribution in [3.8, 4) is 12.3 Å². The van der Waals surface area contributed by atoms with Crippen molar-refractivity contribution in [2.75, 3.05) is 6.61 Å². The quantitative estimate of drug-likeness (QED) is 0.404. The largest absolute Gasteiger partial charge is 0.463 e. The van der Waals surface area contributed by atoms with E-state index in [0.29, 0.717) is 0 Å². The third-order valence-corrected chi connectivity index (χ3v) is 0.668. The minimum Gasteiger partial charge on any atom is -0.463 e. The molecule has 1 N–H and O–H groups in total. The highest BCUT2D eigenvalue weighted by atomic mass is 16.5. The number of hydrogen-bond donors (Lipinski definition) is 1. The monoisotopic (exact) mass is 128 g/mol. The Kier molecular flexibility index (Phi) is 3.49. The Morgan fingerprint density at radius 3 is 2.89 bits per heavy atom. The molecule has 0 aliphatic heterocycles. The fourth-order valence-electron chi connectivity index (χ4n) is 0.289. The van der Waals surface area contributed by atoms with E-state index < -0.39 is 12.1 Å². The lowest BCUT2D eigenvalue weighted by molar-refractivity contribution is -0.149. The van der Waals surface area contributed by atoms with E-state index in [9.17, 15) is 4.79 Å². The molecule has 0 aromatic carbocycles. The lowest BCUT2D eigenvalue weighted by atomic mass is 10.4. The van der Waals surface area contributed by atoms with Crippen molar-refractivity contribution in [2.45, 2.75) is 13.0 Å². The molecule has 1 atom stereocenters. The summed E-state index contributed by atoms with van der Waals surface area (Å²) in [6.07, 6.45) is 3.29. The summed E-state index contributed by atoms with van der Waals surface area (Å²) in [7, 11) is 0. The first-order valence-corrected chi connectivity index (χ1v) is 2.53. The molecule has 0 aromatic heterocycles. The molecular formula is C6H8O3. The number of aliphatic hydroxyl groups is 1. The van der Waals surface area contributed by atoms with Crippen molar-refractivity contribution in [3.05, 3.63) is 0 Å². The van der Waals surface area contributed by atoms with Crippen molar-refractivity contribution < 1.29 is 14.6 Å². The number of aliphatic hydroxyl groups excluding tert-OH is 1. The molecule has 0 rings (SSSR count). The van der Waals surface area contributed by atoms with Crippen LogP contribution in [0.5, 0.6) is 0 Å². The molecule has 0 fully saturated rings. The van der Waals surface area contributed by atoms with Crippen molar-refractivity contribution in [1.29, 1.82) is 0 Å². The van der Waals surface area contributed by atoms with E-state index >= 15 is 0 Å². The van der Waals surface area contributed by atoms with Crippen LogP contribution in [0.3, 0.4) is 0 Å². The minimum atomic E-state index is -1.41. The highest BCUT2D eigenvalue weighted by molar-refractivity contribution is 5.77. The average Bonchev–Trinajstić information content (AvgIpc) is 1.87. The number of carbonyl (C=O) groups excluding carboxylic acids is 1. The van der Waals surface area contributed by atoms with Crippen LogP contribution in [0.2, 0.25) is 0 Å². The maximum atomic E-state index is 10.4. The molecule has 1 unspecified atom stereocenters. The van der Waals surface area contributed by atoms with Gasteiger partial charge in [0.05, 0.1) is 6.61 Å². The topological polar surface area (TPSA) is 46.5 Å². The second-order valence-electron chi connectivity index (χ2n) is 1.32. The van der Waals surface area contributed by atoms with Crippen LogP contribution >= 0.6 is 0 Å². The third kappa shape index (κ3) is 2.73. The fraction of sp³-hybridized carbons (Fsp3) is 0.500. The van der Waals surface area contributed by atoms with E-state index in [-0.39, 0.29) is 6.61 Å². The van der Waals surface area contributed by atoms with Crippen LogP contribution < -0.4 is 0 Å². The van der Waals surface area contributed by atoms with Crippen LogP contribution in [0.1, 0.15) is 6.92 Å². The maximum absolute atomic E-state index is 10.4. The van der Waals surface area contributed by atoms with Gasteiger partial charge in [0.15, 0.2) is 0 Å². The van der Waals surface area contributed by atoms with Gasteiger partial charge < -0.3 is 9.84 Å². The predicted molar refractivity (Wildman–Crippen MR) is 31.5 cm³/mol. The molecule has 0 aliphatic rings. The Balaban J connectivity index is 3.63. The van der Waals surface area contributed by atoms with Crippen LogP contribution in [0.4, 0.5) is 0 Å². The number of rotatable bonds is 2. The molecule has 0 amide bonds. The molecule has 0 aliphatic carbocycles. The van der Waals surface area contributed by atoms with E-state index in [1.54, 1.807) is 6.92 Å². The van der Waals surface area contributed by atoms with Crippen molar-refractivity contribution in [2.24, 2.45) is 0 Å². The Morgan fingerprint density at radius 2 is 2.56 bits per heavy atom. The SMILES string of the molecule is C#CC(O)C(=O)OCC. The van der Waals surface area contributed by atoms with Crippen LogP contribution in [-0.4, -0.2) is 23.8 Å². The van der Waals surface area contributed by atoms with Crippen LogP contribution in [0.25, 0.3) is 0 Å². The van der Waals surface area contributed by atoms with Gasteiger partial charge in [-0.25, -0.2) is 4.79 Å². The molecule has 0 saturated carbocycles. The summed E-state index contributed by atoms with van der Waals surface area (Å²) in [5, 5.41) is 8.55. The van der Waals surface area contributed by atoms with Crippen molar-refractivity contribution >= 4 is 5.97 Å². The van der Waals surface area contributed by atoms with Gasteiger partial charge in [0, 0.05) is 0 Å². The van der Waals surface area contributed by atoms with Gasteiger partial charge in [-0.3, -0.25) is 0 Å². The zero-order valence-corrected chi connectivity index (χ0v) is 5.13. The number of hydrogen-bond acceptors (Lipinski definition) is 3. The molecule has 0 radical (unpaired) electrons. The smallest absolute Gasteiger partial charge is 0.347 e. The normalized spacial score (nSPS) is 11.7. The summed E-state index contributed by atoms with van der Waals surface area (Å²) in [5.41, 5.74) is 0. The number of terminal acetylenes is 1. The zero-order chi connectivity index (χ0) is 7.28. The average molecular weight is 128 g/mol. The Labute approximate surface area is 53.6 Å². The van der Waals surface area contributed by atoms with E-state index in [4.69, 9.17) is 11.5 Å². The van der Waals surface area contributed by atoms with E-state index in [1.807, 2.05) is 5.92 Å².